The van der Waals surface area contributed by atoms with Gasteiger partial charge in [-0.25, -0.2) is 4.98 Å². The topological polar surface area (TPSA) is 73.0 Å². The van der Waals surface area contributed by atoms with Gasteiger partial charge in [-0.2, -0.15) is 5.10 Å². The normalized spacial score (nSPS) is 12.1. The molecule has 6 heteroatoms. The zero-order chi connectivity index (χ0) is 16.9. The molecule has 0 bridgehead atoms. The van der Waals surface area contributed by atoms with E-state index in [2.05, 4.69) is 34.5 Å². The minimum atomic E-state index is -0.237. The van der Waals surface area contributed by atoms with Crippen LogP contribution in [0.1, 0.15) is 30.0 Å². The van der Waals surface area contributed by atoms with Crippen LogP contribution in [0.5, 0.6) is 0 Å². The summed E-state index contributed by atoms with van der Waals surface area (Å²) in [5, 5.41) is 6.92. The van der Waals surface area contributed by atoms with Crippen LogP contribution in [0, 0.1) is 0 Å². The van der Waals surface area contributed by atoms with E-state index in [1.165, 1.54) is 11.9 Å². The molecule has 1 N–H and O–H groups in total. The van der Waals surface area contributed by atoms with Crippen LogP contribution < -0.4 is 5.32 Å². The standard InChI is InChI=1S/C18H20N4O2/c1-3-14-4-6-15(7-5-14)16-8-9-17(24-16)18(23)21-13(2)10-22-12-19-11-20-22/h4-9,11-13H,3,10H2,1-2H3,(H,21,23)/t13-/m0/s1. The largest absolute Gasteiger partial charge is 0.451 e. The molecule has 2 heterocycles. The highest BCUT2D eigenvalue weighted by atomic mass is 16.3. The maximum absolute atomic E-state index is 12.3. The van der Waals surface area contributed by atoms with Gasteiger partial charge in [0.2, 0.25) is 0 Å². The number of carbonyl (C=O) groups excluding carboxylic acids is 1. The second-order valence-corrected chi connectivity index (χ2v) is 5.71. The molecule has 0 saturated heterocycles. The molecule has 0 spiro atoms. The fraction of sp³-hybridized carbons (Fsp3) is 0.278. The van der Waals surface area contributed by atoms with Crippen LogP contribution in [0.4, 0.5) is 0 Å². The number of aromatic nitrogens is 3. The maximum Gasteiger partial charge on any atom is 0.287 e. The fourth-order valence-electron chi connectivity index (χ4n) is 2.47. The van der Waals surface area contributed by atoms with Gasteiger partial charge in [0.05, 0.1) is 6.54 Å². The zero-order valence-electron chi connectivity index (χ0n) is 13.8. The Morgan fingerprint density at radius 3 is 2.71 bits per heavy atom. The van der Waals surface area contributed by atoms with Crippen molar-refractivity contribution in [3.63, 3.8) is 0 Å². The predicted molar refractivity (Wildman–Crippen MR) is 90.5 cm³/mol. The van der Waals surface area contributed by atoms with Crippen molar-refractivity contribution in [3.05, 3.63) is 60.4 Å². The molecule has 3 aromatic rings. The molecule has 0 aliphatic rings. The van der Waals surface area contributed by atoms with Gasteiger partial charge in [0, 0.05) is 11.6 Å². The summed E-state index contributed by atoms with van der Waals surface area (Å²) >= 11 is 0. The second kappa shape index (κ2) is 7.12. The molecule has 0 unspecified atom stereocenters. The summed E-state index contributed by atoms with van der Waals surface area (Å²) in [7, 11) is 0. The van der Waals surface area contributed by atoms with Gasteiger partial charge < -0.3 is 9.73 Å². The van der Waals surface area contributed by atoms with E-state index < -0.39 is 0 Å². The average Bonchev–Trinajstić information content (AvgIpc) is 3.26. The third-order valence-electron chi connectivity index (χ3n) is 3.78. The van der Waals surface area contributed by atoms with Gasteiger partial charge in [-0.3, -0.25) is 9.48 Å². The number of carbonyl (C=O) groups is 1. The van der Waals surface area contributed by atoms with E-state index >= 15 is 0 Å². The number of rotatable bonds is 6. The van der Waals surface area contributed by atoms with Crippen LogP contribution in [0.3, 0.4) is 0 Å². The molecule has 0 fully saturated rings. The molecule has 124 valence electrons. The highest BCUT2D eigenvalue weighted by Gasteiger charge is 2.15. The zero-order valence-corrected chi connectivity index (χ0v) is 13.8. The lowest BCUT2D eigenvalue weighted by molar-refractivity contribution is 0.0909. The van der Waals surface area contributed by atoms with E-state index in [9.17, 15) is 4.79 Å². The molecule has 1 aromatic carbocycles. The Bertz CT molecular complexity index is 791. The molecule has 0 aliphatic carbocycles. The Hall–Kier alpha value is -2.89. The molecule has 24 heavy (non-hydrogen) atoms. The van der Waals surface area contributed by atoms with Crippen molar-refractivity contribution < 1.29 is 9.21 Å². The molecule has 1 atom stereocenters. The van der Waals surface area contributed by atoms with E-state index in [-0.39, 0.29) is 11.9 Å². The van der Waals surface area contributed by atoms with Crippen molar-refractivity contribution in [3.8, 4) is 11.3 Å². The molecule has 3 rings (SSSR count). The van der Waals surface area contributed by atoms with Crippen LogP contribution in [-0.4, -0.2) is 26.7 Å². The fourth-order valence-corrected chi connectivity index (χ4v) is 2.47. The Kier molecular flexibility index (Phi) is 4.74. The van der Waals surface area contributed by atoms with Crippen LogP contribution in [0.25, 0.3) is 11.3 Å². The van der Waals surface area contributed by atoms with Crippen LogP contribution >= 0.6 is 0 Å². The summed E-state index contributed by atoms with van der Waals surface area (Å²) < 4.78 is 7.37. The van der Waals surface area contributed by atoms with E-state index in [1.54, 1.807) is 17.1 Å². The molecular formula is C18H20N4O2. The molecular weight excluding hydrogens is 304 g/mol. The van der Waals surface area contributed by atoms with Gasteiger partial charge in [-0.15, -0.1) is 0 Å². The highest BCUT2D eigenvalue weighted by Crippen LogP contribution is 2.22. The molecule has 1 amide bonds. The Balaban J connectivity index is 1.64. The van der Waals surface area contributed by atoms with E-state index in [0.717, 1.165) is 12.0 Å². The summed E-state index contributed by atoms with van der Waals surface area (Å²) in [5.74, 6) is 0.751. The molecule has 0 aliphatic heterocycles. The first-order chi connectivity index (χ1) is 11.7. The first-order valence-electron chi connectivity index (χ1n) is 7.98. The van der Waals surface area contributed by atoms with E-state index in [1.807, 2.05) is 25.1 Å². The van der Waals surface area contributed by atoms with Crippen LogP contribution in [0.2, 0.25) is 0 Å². The molecule has 6 nitrogen and oxygen atoms in total. The SMILES string of the molecule is CCc1ccc(-c2ccc(C(=O)N[C@@H](C)Cn3cncn3)o2)cc1. The molecule has 0 saturated carbocycles. The minimum Gasteiger partial charge on any atom is -0.451 e. The van der Waals surface area contributed by atoms with Crippen LogP contribution in [0.15, 0.2) is 53.5 Å². The van der Waals surface area contributed by atoms with Crippen molar-refractivity contribution in [1.82, 2.24) is 20.1 Å². The quantitative estimate of drug-likeness (QED) is 0.756. The Labute approximate surface area is 140 Å². The van der Waals surface area contributed by atoms with Crippen molar-refractivity contribution >= 4 is 5.91 Å². The van der Waals surface area contributed by atoms with Crippen LogP contribution in [-0.2, 0) is 13.0 Å². The van der Waals surface area contributed by atoms with Gasteiger partial charge in [0.25, 0.3) is 5.91 Å². The van der Waals surface area contributed by atoms with E-state index in [4.69, 9.17) is 4.42 Å². The maximum atomic E-state index is 12.3. The first kappa shape index (κ1) is 16.0. The van der Waals surface area contributed by atoms with Crippen molar-refractivity contribution in [1.29, 1.82) is 0 Å². The number of furan rings is 1. The van der Waals surface area contributed by atoms with E-state index in [0.29, 0.717) is 18.1 Å². The summed E-state index contributed by atoms with van der Waals surface area (Å²) in [6.07, 6.45) is 4.08. The van der Waals surface area contributed by atoms with Crippen molar-refractivity contribution in [2.45, 2.75) is 32.9 Å². The Morgan fingerprint density at radius 1 is 1.25 bits per heavy atom. The average molecular weight is 324 g/mol. The van der Waals surface area contributed by atoms with Gasteiger partial charge in [-0.05, 0) is 31.0 Å². The highest BCUT2D eigenvalue weighted by molar-refractivity contribution is 5.92. The smallest absolute Gasteiger partial charge is 0.287 e. The lowest BCUT2D eigenvalue weighted by Crippen LogP contribution is -2.35. The predicted octanol–water partition coefficient (Wildman–Crippen LogP) is 2.92. The third-order valence-corrected chi connectivity index (χ3v) is 3.78. The van der Waals surface area contributed by atoms with Gasteiger partial charge in [0.15, 0.2) is 5.76 Å². The van der Waals surface area contributed by atoms with Crippen molar-refractivity contribution in [2.24, 2.45) is 0 Å². The lowest BCUT2D eigenvalue weighted by atomic mass is 10.1. The summed E-state index contributed by atoms with van der Waals surface area (Å²) in [5.41, 5.74) is 2.23. The number of nitrogens with one attached hydrogen (secondary N) is 1. The number of aryl methyl sites for hydroxylation is 1. The van der Waals surface area contributed by atoms with Crippen molar-refractivity contribution in [2.75, 3.05) is 0 Å². The minimum absolute atomic E-state index is 0.0865. The number of benzene rings is 1. The molecule has 2 aromatic heterocycles. The number of amides is 1. The summed E-state index contributed by atoms with van der Waals surface area (Å²) in [6.45, 7) is 4.58. The molecule has 0 radical (unpaired) electrons. The van der Waals surface area contributed by atoms with Gasteiger partial charge in [0.1, 0.15) is 18.4 Å². The summed E-state index contributed by atoms with van der Waals surface area (Å²) in [4.78, 5) is 16.2. The second-order valence-electron chi connectivity index (χ2n) is 5.71. The lowest BCUT2D eigenvalue weighted by Gasteiger charge is -2.12. The first-order valence-corrected chi connectivity index (χ1v) is 7.98. The number of hydrogen-bond acceptors (Lipinski definition) is 4. The monoisotopic (exact) mass is 324 g/mol. The summed E-state index contributed by atoms with van der Waals surface area (Å²) in [6, 6.07) is 11.6. The van der Waals surface area contributed by atoms with Gasteiger partial charge in [-0.1, -0.05) is 31.2 Å². The number of nitrogens with zero attached hydrogens (tertiary/aromatic N) is 3. The van der Waals surface area contributed by atoms with Gasteiger partial charge >= 0.3 is 0 Å². The Morgan fingerprint density at radius 2 is 2.04 bits per heavy atom. The number of hydrogen-bond donors (Lipinski definition) is 1. The third kappa shape index (κ3) is 3.71.